The standard InChI is InChI=1S/C50H85N13O13.CH4O3S.Na/c1-6-7-8-9-13-16-39(67)62-41(30(5)66)50(76)61-38(27-64)48(74)58-35-20-24-54-49(75)40(29(4)65)63-45(71)34(19-23-53)56-42(68)32(17-21-51)57-46(72)36(25-28(2)3)59-47(73)37(26-31-14-11-10-12-15-31)60-43(69)33(18-22-52)55-44(35)70;1-5(2,3)4;/h10-12,14-15,28-30,32-38,40-41,64-66H,6-9,13,16-27,51-53H2,1-5H3,(H,54,75)(H,55,70)(H,56,68)(H,57,72)(H,58,74)(H,59,73)(H,60,69)(H,61,76)(H,62,67)(H,63,71);1H3,(H,2,3,4);/q;;+1/p-1/t29-,30-,32+,33+,34+,35+,36+,37+,38-,40+,41+;;/m1../s1. The molecule has 0 bridgehead atoms. The molecule has 11 atom stereocenters. The number of benzene rings is 1. The maximum absolute atomic E-state index is 14.3. The van der Waals surface area contributed by atoms with Crippen LogP contribution in [0.5, 0.6) is 0 Å². The van der Waals surface area contributed by atoms with Gasteiger partial charge >= 0.3 is 29.6 Å². The van der Waals surface area contributed by atoms with Gasteiger partial charge in [0.2, 0.25) is 59.1 Å². The van der Waals surface area contributed by atoms with Crippen LogP contribution in [0, 0.1) is 5.92 Å². The number of aliphatic hydroxyl groups is 3. The fourth-order valence-electron chi connectivity index (χ4n) is 8.08. The number of carbonyl (C=O) groups excluding carboxylic acids is 10. The molecule has 2 rings (SSSR count). The van der Waals surface area contributed by atoms with Crippen molar-refractivity contribution in [3.8, 4) is 0 Å². The summed E-state index contributed by atoms with van der Waals surface area (Å²) >= 11 is 0. The number of hydrogen-bond acceptors (Lipinski definition) is 19. The van der Waals surface area contributed by atoms with E-state index >= 15 is 0 Å². The molecule has 19 N–H and O–H groups in total. The predicted octanol–water partition coefficient (Wildman–Crippen LogP) is -8.52. The molecule has 0 aliphatic carbocycles. The van der Waals surface area contributed by atoms with Crippen LogP contribution in [0.4, 0.5) is 0 Å². The average Bonchev–Trinajstić information content (AvgIpc) is 3.38. The summed E-state index contributed by atoms with van der Waals surface area (Å²) in [6, 6.07) is -5.06. The van der Waals surface area contributed by atoms with Gasteiger partial charge in [0.15, 0.2) is 0 Å². The van der Waals surface area contributed by atoms with Crippen molar-refractivity contribution in [1.29, 1.82) is 0 Å². The number of unbranched alkanes of at least 4 members (excludes halogenated alkanes) is 4. The molecule has 29 nitrogen and oxygen atoms in total. The van der Waals surface area contributed by atoms with Crippen molar-refractivity contribution in [2.75, 3.05) is 39.0 Å². The minimum atomic E-state index is -3.92. The Balaban J connectivity index is 0.0000104. The van der Waals surface area contributed by atoms with E-state index in [1.165, 1.54) is 13.8 Å². The van der Waals surface area contributed by atoms with Crippen LogP contribution in [-0.2, 0) is 64.5 Å². The topological polar surface area (TPSA) is 487 Å². The SMILES string of the molecule is CCCCCCCC(=O)N[C@H](C(=O)N[C@H](CO)C(=O)N[C@H]1CCNC(=O)[C@H]([C@@H](C)O)NC(=O)[C@H](CCN)NC(=O)[C@H](CCN)NC(=O)[C@H](CC(C)C)NC(=O)[C@H](Cc2ccccc2)NC(=O)[C@H](CCN)NC1=O)[C@@H](C)O.CS(=O)(=O)[O-].[Na+]. The van der Waals surface area contributed by atoms with Gasteiger partial charge in [-0.05, 0) is 83.5 Å². The van der Waals surface area contributed by atoms with Crippen LogP contribution >= 0.6 is 0 Å². The summed E-state index contributed by atoms with van der Waals surface area (Å²) in [5, 5.41) is 56.5. The quantitative estimate of drug-likeness (QED) is 0.0260. The van der Waals surface area contributed by atoms with Crippen LogP contribution in [0.2, 0.25) is 0 Å². The molecular weight excluding hydrogens is 1110 g/mol. The first-order valence-electron chi connectivity index (χ1n) is 27.1. The van der Waals surface area contributed by atoms with Crippen LogP contribution in [-0.4, -0.2) is 193 Å². The molecule has 1 aromatic rings. The number of carbonyl (C=O) groups is 10. The van der Waals surface area contributed by atoms with E-state index in [9.17, 15) is 63.3 Å². The van der Waals surface area contributed by atoms with Gasteiger partial charge in [-0.25, -0.2) is 8.42 Å². The number of amides is 10. The Labute approximate surface area is 501 Å². The number of nitrogens with two attached hydrogens (primary N) is 3. The fraction of sp³-hybridized carbons (Fsp3) is 0.686. The van der Waals surface area contributed by atoms with E-state index in [-0.39, 0.29) is 93.6 Å². The van der Waals surface area contributed by atoms with E-state index in [0.717, 1.165) is 25.7 Å². The second kappa shape index (κ2) is 40.7. The van der Waals surface area contributed by atoms with E-state index in [1.54, 1.807) is 44.2 Å². The monoisotopic (exact) mass is 1190 g/mol. The van der Waals surface area contributed by atoms with Crippen LogP contribution < -0.4 is 99.9 Å². The van der Waals surface area contributed by atoms with E-state index in [2.05, 4.69) is 53.2 Å². The van der Waals surface area contributed by atoms with Gasteiger partial charge in [0.25, 0.3) is 0 Å². The Hall–Kier alpha value is -5.41. The summed E-state index contributed by atoms with van der Waals surface area (Å²) in [7, 11) is -3.92. The zero-order valence-corrected chi connectivity index (χ0v) is 50.9. The van der Waals surface area contributed by atoms with Crippen molar-refractivity contribution in [2.24, 2.45) is 23.1 Å². The summed E-state index contributed by atoms with van der Waals surface area (Å²) in [5.74, 6) is -9.30. The molecule has 82 heavy (non-hydrogen) atoms. The van der Waals surface area contributed by atoms with Gasteiger partial charge in [-0.1, -0.05) is 76.8 Å². The van der Waals surface area contributed by atoms with E-state index in [0.29, 0.717) is 18.2 Å². The molecule has 0 aromatic heterocycles. The zero-order chi connectivity index (χ0) is 61.4. The van der Waals surface area contributed by atoms with Gasteiger partial charge in [0.05, 0.1) is 28.9 Å². The normalized spacial score (nSPS) is 22.4. The molecule has 1 aliphatic rings. The molecule has 1 aliphatic heterocycles. The third kappa shape index (κ3) is 30.8. The summed E-state index contributed by atoms with van der Waals surface area (Å²) in [4.78, 5) is 138. The largest absolute Gasteiger partial charge is 1.00 e. The maximum Gasteiger partial charge on any atom is 1.00 e. The Kier molecular flexibility index (Phi) is 38.1. The molecule has 0 unspecified atom stereocenters. The first-order chi connectivity index (χ1) is 38.1. The Morgan fingerprint density at radius 1 is 0.671 bits per heavy atom. The van der Waals surface area contributed by atoms with Gasteiger partial charge in [0, 0.05) is 25.6 Å². The Morgan fingerprint density at radius 3 is 1.61 bits per heavy atom. The third-order valence-corrected chi connectivity index (χ3v) is 12.4. The van der Waals surface area contributed by atoms with Crippen molar-refractivity contribution < 1.29 is 106 Å². The van der Waals surface area contributed by atoms with Gasteiger partial charge < -0.3 is 90.2 Å². The van der Waals surface area contributed by atoms with E-state index in [1.807, 2.05) is 6.92 Å². The van der Waals surface area contributed by atoms with Gasteiger partial charge in [0.1, 0.15) is 54.4 Å². The predicted molar refractivity (Wildman–Crippen MR) is 295 cm³/mol. The number of hydrogen-bond donors (Lipinski definition) is 16. The minimum absolute atomic E-state index is 0. The molecule has 460 valence electrons. The molecule has 0 radical (unpaired) electrons. The molecule has 1 saturated heterocycles. The molecule has 1 heterocycles. The summed E-state index contributed by atoms with van der Waals surface area (Å²) in [6.45, 7) is 6.12. The molecular formula is C51H88N13NaO16S. The Bertz CT molecular complexity index is 2300. The Morgan fingerprint density at radius 2 is 1.13 bits per heavy atom. The zero-order valence-electron chi connectivity index (χ0n) is 48.1. The van der Waals surface area contributed by atoms with Gasteiger partial charge in [-0.3, -0.25) is 47.9 Å². The fourth-order valence-corrected chi connectivity index (χ4v) is 8.08. The van der Waals surface area contributed by atoms with E-state index in [4.69, 9.17) is 30.2 Å². The van der Waals surface area contributed by atoms with Crippen LogP contribution in [0.3, 0.4) is 0 Å². The number of aliphatic hydroxyl groups excluding tert-OH is 3. The summed E-state index contributed by atoms with van der Waals surface area (Å²) in [6.07, 6.45) is 0.822. The smallest absolute Gasteiger partial charge is 0.748 e. The van der Waals surface area contributed by atoms with Crippen molar-refractivity contribution in [2.45, 2.75) is 178 Å². The molecule has 1 fully saturated rings. The van der Waals surface area contributed by atoms with Crippen LogP contribution in [0.1, 0.15) is 111 Å². The van der Waals surface area contributed by atoms with Crippen LogP contribution in [0.15, 0.2) is 30.3 Å². The van der Waals surface area contributed by atoms with Gasteiger partial charge in [-0.15, -0.1) is 0 Å². The maximum atomic E-state index is 14.3. The van der Waals surface area contributed by atoms with Gasteiger partial charge in [-0.2, -0.15) is 0 Å². The molecule has 10 amide bonds. The van der Waals surface area contributed by atoms with Crippen molar-refractivity contribution in [3.05, 3.63) is 35.9 Å². The molecule has 31 heteroatoms. The molecule has 1 aromatic carbocycles. The summed E-state index contributed by atoms with van der Waals surface area (Å²) < 4.78 is 27.2. The average molecular weight is 1190 g/mol. The first kappa shape index (κ1) is 76.6. The molecule has 0 saturated carbocycles. The van der Waals surface area contributed by atoms with Crippen molar-refractivity contribution in [1.82, 2.24) is 53.2 Å². The summed E-state index contributed by atoms with van der Waals surface area (Å²) in [5.41, 5.74) is 18.2. The second-order valence-corrected chi connectivity index (χ2v) is 21.5. The second-order valence-electron chi connectivity index (χ2n) is 20.1. The molecule has 0 spiro atoms. The van der Waals surface area contributed by atoms with E-state index < -0.39 is 155 Å². The van der Waals surface area contributed by atoms with Crippen molar-refractivity contribution in [3.63, 3.8) is 0 Å². The van der Waals surface area contributed by atoms with Crippen molar-refractivity contribution >= 4 is 69.2 Å². The van der Waals surface area contributed by atoms with Crippen LogP contribution in [0.25, 0.3) is 0 Å². The number of rotatable bonds is 24. The minimum Gasteiger partial charge on any atom is -0.748 e. The third-order valence-electron chi connectivity index (χ3n) is 12.4. The number of nitrogens with one attached hydrogen (secondary N) is 10. The first-order valence-corrected chi connectivity index (χ1v) is 28.9.